The van der Waals surface area contributed by atoms with Crippen LogP contribution in [0, 0.1) is 13.8 Å². The van der Waals surface area contributed by atoms with Crippen molar-refractivity contribution < 1.29 is 9.53 Å². The van der Waals surface area contributed by atoms with Gasteiger partial charge in [0.15, 0.2) is 0 Å². The maximum Gasteiger partial charge on any atom is 0.341 e. The van der Waals surface area contributed by atoms with Crippen LogP contribution in [0.2, 0.25) is 0 Å². The maximum atomic E-state index is 12.6. The molecule has 2 aromatic rings. The number of hydrogen-bond acceptors (Lipinski definition) is 5. The lowest BCUT2D eigenvalue weighted by molar-refractivity contribution is 0.0529. The molecule has 2 N–H and O–H groups in total. The molecule has 136 valence electrons. The van der Waals surface area contributed by atoms with Crippen LogP contribution >= 0.6 is 11.3 Å². The third-order valence-electron chi connectivity index (χ3n) is 4.40. The molecule has 1 heterocycles. The minimum absolute atomic E-state index is 0.336. The number of anilines is 1. The number of nitrogens with zero attached hydrogens (tertiary/aromatic N) is 1. The third-order valence-corrected chi connectivity index (χ3v) is 5.40. The summed E-state index contributed by atoms with van der Waals surface area (Å²) in [5.74, 6) is -0.336. The number of benzene rings is 1. The molecule has 0 radical (unpaired) electrons. The van der Waals surface area contributed by atoms with Gasteiger partial charge in [0.25, 0.3) is 0 Å². The van der Waals surface area contributed by atoms with Crippen LogP contribution < -0.4 is 5.73 Å². The third kappa shape index (κ3) is 4.22. The summed E-state index contributed by atoms with van der Waals surface area (Å²) in [4.78, 5) is 16.0. The number of hydrogen-bond donors (Lipinski definition) is 1. The zero-order chi connectivity index (χ0) is 18.6. The molecule has 1 aromatic heterocycles. The molecular weight excluding hydrogens is 332 g/mol. The Morgan fingerprint density at radius 2 is 1.88 bits per heavy atom. The number of nitrogens with two attached hydrogens (primary N) is 1. The van der Waals surface area contributed by atoms with Gasteiger partial charge in [0.1, 0.15) is 10.6 Å². The average Bonchev–Trinajstić information content (AvgIpc) is 2.88. The molecule has 0 aliphatic rings. The lowest BCUT2D eigenvalue weighted by Crippen LogP contribution is -2.22. The first-order chi connectivity index (χ1) is 11.9. The molecule has 0 saturated carbocycles. The van der Waals surface area contributed by atoms with E-state index in [0.29, 0.717) is 17.2 Å². The standard InChI is InChI=1S/C20H28N2O2S/c1-6-22(7-2)12-16-17(15-10-9-13(4)11-14(15)5)18(19(21)25-16)20(23)24-8-3/h9-11H,6-8,12,21H2,1-5H3. The van der Waals surface area contributed by atoms with E-state index in [1.165, 1.54) is 16.9 Å². The average molecular weight is 361 g/mol. The predicted octanol–water partition coefficient (Wildman–Crippen LogP) is 4.63. The van der Waals surface area contributed by atoms with E-state index in [2.05, 4.69) is 50.8 Å². The van der Waals surface area contributed by atoms with Gasteiger partial charge in [-0.15, -0.1) is 11.3 Å². The zero-order valence-corrected chi connectivity index (χ0v) is 16.6. The van der Waals surface area contributed by atoms with E-state index in [0.717, 1.165) is 41.2 Å². The number of esters is 1. The summed E-state index contributed by atoms with van der Waals surface area (Å²) < 4.78 is 5.28. The molecule has 25 heavy (non-hydrogen) atoms. The van der Waals surface area contributed by atoms with E-state index < -0.39 is 0 Å². The van der Waals surface area contributed by atoms with Gasteiger partial charge in [0.05, 0.1) is 6.61 Å². The molecule has 0 amide bonds. The highest BCUT2D eigenvalue weighted by Gasteiger charge is 2.26. The largest absolute Gasteiger partial charge is 0.462 e. The van der Waals surface area contributed by atoms with E-state index in [9.17, 15) is 4.79 Å². The summed E-state index contributed by atoms with van der Waals surface area (Å²) in [6, 6.07) is 6.30. The molecule has 0 bridgehead atoms. The summed E-state index contributed by atoms with van der Waals surface area (Å²) >= 11 is 1.50. The van der Waals surface area contributed by atoms with Crippen molar-refractivity contribution in [2.45, 2.75) is 41.2 Å². The predicted molar refractivity (Wildman–Crippen MR) is 106 cm³/mol. The molecule has 0 saturated heterocycles. The molecule has 0 aliphatic carbocycles. The Labute approximate surface area is 154 Å². The van der Waals surface area contributed by atoms with Crippen LogP contribution in [0.3, 0.4) is 0 Å². The molecule has 1 aromatic carbocycles. The first kappa shape index (κ1) is 19.5. The first-order valence-electron chi connectivity index (χ1n) is 8.81. The second kappa shape index (κ2) is 8.50. The second-order valence-corrected chi connectivity index (χ2v) is 7.28. The van der Waals surface area contributed by atoms with E-state index in [1.54, 1.807) is 0 Å². The van der Waals surface area contributed by atoms with Crippen molar-refractivity contribution in [1.82, 2.24) is 4.90 Å². The first-order valence-corrected chi connectivity index (χ1v) is 9.62. The Kier molecular flexibility index (Phi) is 6.62. The normalized spacial score (nSPS) is 11.1. The van der Waals surface area contributed by atoms with Gasteiger partial charge in [-0.2, -0.15) is 0 Å². The molecule has 0 spiro atoms. The summed E-state index contributed by atoms with van der Waals surface area (Å²) in [5.41, 5.74) is 11.1. The lowest BCUT2D eigenvalue weighted by Gasteiger charge is -2.19. The molecule has 0 fully saturated rings. The van der Waals surface area contributed by atoms with Crippen LogP contribution in [0.5, 0.6) is 0 Å². The Morgan fingerprint density at radius 3 is 2.44 bits per heavy atom. The van der Waals surface area contributed by atoms with Gasteiger partial charge in [-0.25, -0.2) is 4.79 Å². The highest BCUT2D eigenvalue weighted by atomic mass is 32.1. The van der Waals surface area contributed by atoms with Gasteiger partial charge < -0.3 is 10.5 Å². The molecule has 0 unspecified atom stereocenters. The second-order valence-electron chi connectivity index (χ2n) is 6.14. The number of carbonyl (C=O) groups excluding carboxylic acids is 1. The van der Waals surface area contributed by atoms with Crippen LogP contribution in [0.4, 0.5) is 5.00 Å². The molecule has 0 atom stereocenters. The molecule has 5 heteroatoms. The van der Waals surface area contributed by atoms with E-state index >= 15 is 0 Å². The van der Waals surface area contributed by atoms with Gasteiger partial charge in [0.2, 0.25) is 0 Å². The van der Waals surface area contributed by atoms with Crippen LogP contribution in [-0.4, -0.2) is 30.6 Å². The van der Waals surface area contributed by atoms with Gasteiger partial charge in [-0.3, -0.25) is 4.90 Å². The fourth-order valence-corrected chi connectivity index (χ4v) is 4.16. The lowest BCUT2D eigenvalue weighted by atomic mass is 9.95. The van der Waals surface area contributed by atoms with Crippen LogP contribution in [-0.2, 0) is 11.3 Å². The molecule has 2 rings (SSSR count). The van der Waals surface area contributed by atoms with Gasteiger partial charge in [0, 0.05) is 17.0 Å². The SMILES string of the molecule is CCOC(=O)c1c(N)sc(CN(CC)CC)c1-c1ccc(C)cc1C. The van der Waals surface area contributed by atoms with Crippen molar-refractivity contribution in [1.29, 1.82) is 0 Å². The number of rotatable bonds is 7. The Hall–Kier alpha value is -1.85. The summed E-state index contributed by atoms with van der Waals surface area (Å²) in [6.07, 6.45) is 0. The maximum absolute atomic E-state index is 12.6. The number of thiophene rings is 1. The highest BCUT2D eigenvalue weighted by Crippen LogP contribution is 2.41. The van der Waals surface area contributed by atoms with Crippen LogP contribution in [0.25, 0.3) is 11.1 Å². The van der Waals surface area contributed by atoms with E-state index in [-0.39, 0.29) is 5.97 Å². The monoisotopic (exact) mass is 360 g/mol. The summed E-state index contributed by atoms with van der Waals surface area (Å²) in [7, 11) is 0. The number of aryl methyl sites for hydroxylation is 2. The zero-order valence-electron chi connectivity index (χ0n) is 15.8. The minimum Gasteiger partial charge on any atom is -0.462 e. The van der Waals surface area contributed by atoms with Crippen molar-refractivity contribution in [3.8, 4) is 11.1 Å². The number of nitrogen functional groups attached to an aromatic ring is 1. The Balaban J connectivity index is 2.64. The fraction of sp³-hybridized carbons (Fsp3) is 0.450. The molecule has 0 aliphatic heterocycles. The van der Waals surface area contributed by atoms with Crippen molar-refractivity contribution in [3.63, 3.8) is 0 Å². The van der Waals surface area contributed by atoms with Crippen molar-refractivity contribution in [2.24, 2.45) is 0 Å². The highest BCUT2D eigenvalue weighted by molar-refractivity contribution is 7.17. The number of carbonyl (C=O) groups is 1. The van der Waals surface area contributed by atoms with Crippen LogP contribution in [0.15, 0.2) is 18.2 Å². The van der Waals surface area contributed by atoms with Gasteiger partial charge in [-0.1, -0.05) is 37.6 Å². The topological polar surface area (TPSA) is 55.6 Å². The van der Waals surface area contributed by atoms with Crippen LogP contribution in [0.1, 0.15) is 47.1 Å². The number of ether oxygens (including phenoxy) is 1. The molecule has 4 nitrogen and oxygen atoms in total. The smallest absolute Gasteiger partial charge is 0.341 e. The van der Waals surface area contributed by atoms with Gasteiger partial charge >= 0.3 is 5.97 Å². The van der Waals surface area contributed by atoms with E-state index in [4.69, 9.17) is 10.5 Å². The van der Waals surface area contributed by atoms with Gasteiger partial charge in [-0.05, 0) is 45.0 Å². The van der Waals surface area contributed by atoms with E-state index in [1.807, 2.05) is 6.92 Å². The summed E-state index contributed by atoms with van der Waals surface area (Å²) in [6.45, 7) is 13.3. The Bertz CT molecular complexity index is 748. The quantitative estimate of drug-likeness (QED) is 0.731. The molecular formula is C20H28N2O2S. The van der Waals surface area contributed by atoms with Crippen molar-refractivity contribution in [2.75, 3.05) is 25.4 Å². The van der Waals surface area contributed by atoms with Crippen molar-refractivity contribution >= 4 is 22.3 Å². The fourth-order valence-electron chi connectivity index (χ4n) is 3.04. The Morgan fingerprint density at radius 1 is 1.20 bits per heavy atom. The minimum atomic E-state index is -0.336. The summed E-state index contributed by atoms with van der Waals surface area (Å²) in [5, 5.41) is 0.538. The van der Waals surface area contributed by atoms with Crippen molar-refractivity contribution in [3.05, 3.63) is 39.8 Å².